The number of aromatic nitrogens is 2. The normalized spacial score (nSPS) is 16.2. The molecular weight excluding hydrogens is 456 g/mol. The Labute approximate surface area is 205 Å². The SMILES string of the molecule is O=C1/C(=C2/C(=O)c3ccccc3N2C(=O)c2ccccn2)N(C(=O)c2ccccn2)c2ccccc21. The second kappa shape index (κ2) is 8.21. The van der Waals surface area contributed by atoms with Crippen molar-refractivity contribution in [2.24, 2.45) is 0 Å². The molecule has 2 amide bonds. The first-order valence-corrected chi connectivity index (χ1v) is 11.1. The van der Waals surface area contributed by atoms with E-state index in [1.165, 1.54) is 34.3 Å². The molecule has 6 rings (SSSR count). The van der Waals surface area contributed by atoms with E-state index in [4.69, 9.17) is 0 Å². The van der Waals surface area contributed by atoms with Crippen molar-refractivity contribution in [1.29, 1.82) is 0 Å². The van der Waals surface area contributed by atoms with Crippen LogP contribution in [0.1, 0.15) is 41.7 Å². The Kier molecular flexibility index (Phi) is 4.86. The van der Waals surface area contributed by atoms with Crippen LogP contribution in [0.5, 0.6) is 0 Å². The average molecular weight is 472 g/mol. The van der Waals surface area contributed by atoms with E-state index in [0.29, 0.717) is 11.4 Å². The molecule has 0 fully saturated rings. The predicted octanol–water partition coefficient (Wildman–Crippen LogP) is 4.07. The molecule has 2 aliphatic heterocycles. The average Bonchev–Trinajstić information content (AvgIpc) is 3.39. The quantitative estimate of drug-likeness (QED) is 0.408. The summed E-state index contributed by atoms with van der Waals surface area (Å²) in [5.41, 5.74) is 0.909. The molecule has 0 N–H and O–H groups in total. The number of para-hydroxylation sites is 2. The minimum atomic E-state index is -0.592. The van der Waals surface area contributed by atoms with Gasteiger partial charge in [0.15, 0.2) is 0 Å². The van der Waals surface area contributed by atoms with E-state index in [1.807, 2.05) is 0 Å². The second-order valence-corrected chi connectivity index (χ2v) is 8.10. The fraction of sp³-hybridized carbons (Fsp3) is 0. The van der Waals surface area contributed by atoms with E-state index in [1.54, 1.807) is 72.8 Å². The van der Waals surface area contributed by atoms with Gasteiger partial charge in [0.05, 0.1) is 11.4 Å². The number of amides is 2. The molecule has 2 aromatic carbocycles. The number of rotatable bonds is 2. The number of ketones is 2. The van der Waals surface area contributed by atoms with Crippen molar-refractivity contribution in [3.05, 3.63) is 131 Å². The van der Waals surface area contributed by atoms with Crippen molar-refractivity contribution in [3.63, 3.8) is 0 Å². The Morgan fingerprint density at radius 3 is 1.31 bits per heavy atom. The van der Waals surface area contributed by atoms with Gasteiger partial charge in [-0.1, -0.05) is 36.4 Å². The van der Waals surface area contributed by atoms with Crippen molar-refractivity contribution in [2.45, 2.75) is 0 Å². The molecule has 172 valence electrons. The summed E-state index contributed by atoms with van der Waals surface area (Å²) in [5, 5.41) is 0. The van der Waals surface area contributed by atoms with E-state index in [9.17, 15) is 19.2 Å². The third-order valence-electron chi connectivity index (χ3n) is 6.06. The van der Waals surface area contributed by atoms with Crippen LogP contribution in [-0.2, 0) is 0 Å². The van der Waals surface area contributed by atoms with Crippen LogP contribution in [-0.4, -0.2) is 33.3 Å². The smallest absolute Gasteiger partial charge is 0.281 e. The van der Waals surface area contributed by atoms with E-state index < -0.39 is 23.4 Å². The molecule has 0 aliphatic carbocycles. The first kappa shape index (κ1) is 21.3. The molecule has 0 saturated heterocycles. The number of fused-ring (bicyclic) bond motifs is 2. The lowest BCUT2D eigenvalue weighted by molar-refractivity contribution is 0.0950. The van der Waals surface area contributed by atoms with E-state index in [2.05, 4.69) is 9.97 Å². The molecule has 4 aromatic rings. The maximum absolute atomic E-state index is 13.8. The van der Waals surface area contributed by atoms with Gasteiger partial charge in [-0.2, -0.15) is 0 Å². The highest BCUT2D eigenvalue weighted by Crippen LogP contribution is 2.43. The molecule has 8 heteroatoms. The fourth-order valence-corrected chi connectivity index (χ4v) is 4.48. The summed E-state index contributed by atoms with van der Waals surface area (Å²) < 4.78 is 0. The van der Waals surface area contributed by atoms with E-state index in [0.717, 1.165) is 0 Å². The Morgan fingerprint density at radius 2 is 0.917 bits per heavy atom. The van der Waals surface area contributed by atoms with Gasteiger partial charge in [-0.25, -0.2) is 0 Å². The van der Waals surface area contributed by atoms with Gasteiger partial charge in [-0.15, -0.1) is 0 Å². The zero-order valence-electron chi connectivity index (χ0n) is 18.7. The standard InChI is InChI=1S/C28H16N4O4/c33-25-17-9-1-3-13-21(17)31(27(35)19-11-5-7-15-29-19)23(25)24-26(34)18-10-2-4-14-22(18)32(24)28(36)20-12-6-8-16-30-20/h1-16H/b24-23+. The summed E-state index contributed by atoms with van der Waals surface area (Å²) in [7, 11) is 0. The van der Waals surface area contributed by atoms with Crippen molar-refractivity contribution < 1.29 is 19.2 Å². The van der Waals surface area contributed by atoms with Crippen molar-refractivity contribution in [3.8, 4) is 0 Å². The molecule has 0 bridgehead atoms. The number of allylic oxidation sites excluding steroid dienone is 2. The molecule has 0 unspecified atom stereocenters. The largest absolute Gasteiger partial charge is 0.287 e. The lowest BCUT2D eigenvalue weighted by Gasteiger charge is -2.24. The maximum atomic E-state index is 13.8. The molecule has 0 spiro atoms. The number of pyridine rings is 2. The predicted molar refractivity (Wildman–Crippen MR) is 131 cm³/mol. The topological polar surface area (TPSA) is 101 Å². The van der Waals surface area contributed by atoms with Gasteiger partial charge in [0, 0.05) is 23.5 Å². The van der Waals surface area contributed by atoms with Crippen LogP contribution in [0.15, 0.2) is 109 Å². The van der Waals surface area contributed by atoms with Crippen LogP contribution in [0.3, 0.4) is 0 Å². The summed E-state index contributed by atoms with van der Waals surface area (Å²) in [6.45, 7) is 0. The summed E-state index contributed by atoms with van der Waals surface area (Å²) in [6.07, 6.45) is 2.94. The maximum Gasteiger partial charge on any atom is 0.281 e. The fourth-order valence-electron chi connectivity index (χ4n) is 4.48. The Hall–Kier alpha value is -5.24. The number of carbonyl (C=O) groups is 4. The zero-order chi connectivity index (χ0) is 24.8. The molecule has 0 radical (unpaired) electrons. The van der Waals surface area contributed by atoms with Crippen LogP contribution < -0.4 is 9.80 Å². The van der Waals surface area contributed by atoms with Gasteiger partial charge in [0.1, 0.15) is 22.8 Å². The highest BCUT2D eigenvalue weighted by molar-refractivity contribution is 6.35. The summed E-state index contributed by atoms with van der Waals surface area (Å²) in [5.74, 6) is -2.26. The highest BCUT2D eigenvalue weighted by Gasteiger charge is 2.47. The van der Waals surface area contributed by atoms with Crippen LogP contribution >= 0.6 is 0 Å². The monoisotopic (exact) mass is 472 g/mol. The number of carbonyl (C=O) groups excluding carboxylic acids is 4. The minimum absolute atomic E-state index is 0.0886. The summed E-state index contributed by atoms with van der Waals surface area (Å²) in [6, 6.07) is 22.9. The van der Waals surface area contributed by atoms with E-state index >= 15 is 0 Å². The number of hydrogen-bond donors (Lipinski definition) is 0. The number of hydrogen-bond acceptors (Lipinski definition) is 6. The molecule has 0 atom stereocenters. The Bertz CT molecular complexity index is 1490. The van der Waals surface area contributed by atoms with E-state index in [-0.39, 0.29) is 33.9 Å². The van der Waals surface area contributed by atoms with Crippen LogP contribution in [0, 0.1) is 0 Å². The zero-order valence-corrected chi connectivity index (χ0v) is 18.7. The van der Waals surface area contributed by atoms with Gasteiger partial charge in [-0.3, -0.25) is 38.9 Å². The number of benzene rings is 2. The van der Waals surface area contributed by atoms with Crippen molar-refractivity contribution >= 4 is 34.8 Å². The molecule has 2 aliphatic rings. The third-order valence-corrected chi connectivity index (χ3v) is 6.06. The lowest BCUT2D eigenvalue weighted by Crippen LogP contribution is -2.37. The van der Waals surface area contributed by atoms with Gasteiger partial charge in [0.2, 0.25) is 11.6 Å². The number of Topliss-reactive ketones (excluding diaryl/α,β-unsaturated/α-hetero) is 2. The molecule has 8 nitrogen and oxygen atoms in total. The molecule has 36 heavy (non-hydrogen) atoms. The first-order valence-electron chi connectivity index (χ1n) is 11.1. The third kappa shape index (κ3) is 3.08. The summed E-state index contributed by atoms with van der Waals surface area (Å²) >= 11 is 0. The molecular formula is C28H16N4O4. The van der Waals surface area contributed by atoms with Crippen molar-refractivity contribution in [1.82, 2.24) is 9.97 Å². The van der Waals surface area contributed by atoms with Crippen LogP contribution in [0.25, 0.3) is 0 Å². The Balaban J connectivity index is 1.63. The summed E-state index contributed by atoms with van der Waals surface area (Å²) in [4.78, 5) is 65.5. The van der Waals surface area contributed by atoms with Gasteiger partial charge in [-0.05, 0) is 48.5 Å². The molecule has 2 aromatic heterocycles. The van der Waals surface area contributed by atoms with Crippen LogP contribution in [0.2, 0.25) is 0 Å². The number of nitrogens with zero attached hydrogens (tertiary/aromatic N) is 4. The molecule has 4 heterocycles. The van der Waals surface area contributed by atoms with Crippen LogP contribution in [0.4, 0.5) is 11.4 Å². The molecule has 0 saturated carbocycles. The van der Waals surface area contributed by atoms with Gasteiger partial charge >= 0.3 is 0 Å². The number of anilines is 2. The Morgan fingerprint density at radius 1 is 0.528 bits per heavy atom. The minimum Gasteiger partial charge on any atom is -0.287 e. The second-order valence-electron chi connectivity index (χ2n) is 8.10. The lowest BCUT2D eigenvalue weighted by atomic mass is 10.1. The van der Waals surface area contributed by atoms with Gasteiger partial charge < -0.3 is 0 Å². The van der Waals surface area contributed by atoms with Crippen molar-refractivity contribution in [2.75, 3.05) is 9.80 Å². The van der Waals surface area contributed by atoms with Gasteiger partial charge in [0.25, 0.3) is 11.8 Å². The first-order chi connectivity index (χ1) is 17.6. The highest BCUT2D eigenvalue weighted by atomic mass is 16.2.